The molecule has 0 radical (unpaired) electrons. The van der Waals surface area contributed by atoms with Gasteiger partial charge in [0.2, 0.25) is 0 Å². The Morgan fingerprint density at radius 2 is 0.529 bits per heavy atom. The Morgan fingerprint density at radius 3 is 0.919 bits per heavy atom. The predicted octanol–water partition coefficient (Wildman–Crippen LogP) is 32.4. The first-order valence-electron chi connectivity index (χ1n) is 45.6. The summed E-state index contributed by atoms with van der Waals surface area (Å²) in [6.45, 7) is 23.6. The van der Waals surface area contributed by atoms with Crippen LogP contribution < -0.4 is 0 Å². The molecule has 4 heterocycles. The van der Waals surface area contributed by atoms with E-state index in [0.717, 1.165) is 216 Å². The number of halogens is 4. The number of aryl methyl sites for hydroxylation is 11. The average molecular weight is 1760 g/mol. The van der Waals surface area contributed by atoms with Gasteiger partial charge in [-0.3, -0.25) is 0 Å². The molecule has 136 heavy (non-hydrogen) atoms. The predicted molar refractivity (Wildman–Crippen MR) is 547 cm³/mol. The van der Waals surface area contributed by atoms with Crippen molar-refractivity contribution in [2.24, 2.45) is 0 Å². The van der Waals surface area contributed by atoms with Gasteiger partial charge in [0, 0.05) is 55.2 Å². The number of benzene rings is 18. The zero-order valence-corrected chi connectivity index (χ0v) is 76.7. The van der Waals surface area contributed by atoms with Crippen molar-refractivity contribution >= 4 is 87.2 Å². The minimum absolute atomic E-state index is 0.248. The molecular weight excluding hydrogens is 1680 g/mol. The van der Waals surface area contributed by atoms with Crippen molar-refractivity contribution in [2.45, 2.75) is 82.6 Å². The molecule has 0 aliphatic rings. The second-order valence-electron chi connectivity index (χ2n) is 36.8. The molecule has 12 heteroatoms. The normalized spacial score (nSPS) is 11.6. The fourth-order valence-electron chi connectivity index (χ4n) is 22.7. The highest BCUT2D eigenvalue weighted by molar-refractivity contribution is 6.17. The summed E-state index contributed by atoms with van der Waals surface area (Å²) >= 11 is 0. The van der Waals surface area contributed by atoms with Crippen LogP contribution in [-0.4, -0.2) is 18.3 Å². The number of hydrogen-bond donors (Lipinski definition) is 0. The Balaban J connectivity index is 0.743. The first kappa shape index (κ1) is 84.4. The summed E-state index contributed by atoms with van der Waals surface area (Å²) in [5, 5.41) is 53.4. The molecule has 0 fully saturated rings. The number of nitriles is 4. The van der Waals surface area contributed by atoms with Crippen molar-refractivity contribution in [1.82, 2.24) is 18.3 Å². The lowest BCUT2D eigenvalue weighted by atomic mass is 9.89. The SMILES string of the molecule is Cc1cc(C)c(-c2ccc3c(c2)c2cc(-c4c(C)cc(C)cc4C)ccc2n3-c2cc(-c3cc(F)cc(F)c3)cc(-n3c4ccc(-c5c(C)cc(C)cc5C)cc4c4cc(-c5c(C)cc(Cc6cc(-c7ccccc7C#N)cc7c6c6ccccc6n7-c6cc(-c7cc(F)cc(F)c7)cc(-n7c8ccccc8c8ccc(-c9ccccc9C#N)cc87)c6C#N)cc5C)ccc43)c2C#N)c(C)c1. The van der Waals surface area contributed by atoms with Crippen LogP contribution in [0.15, 0.2) is 309 Å². The molecule has 0 amide bonds. The second-order valence-corrected chi connectivity index (χ2v) is 36.8. The van der Waals surface area contributed by atoms with Crippen LogP contribution >= 0.6 is 0 Å². The van der Waals surface area contributed by atoms with Gasteiger partial charge in [0.25, 0.3) is 0 Å². The molecule has 0 aliphatic carbocycles. The van der Waals surface area contributed by atoms with E-state index in [1.54, 1.807) is 6.07 Å². The van der Waals surface area contributed by atoms with Crippen molar-refractivity contribution in [3.8, 4) is 136 Å². The van der Waals surface area contributed by atoms with Gasteiger partial charge >= 0.3 is 0 Å². The van der Waals surface area contributed by atoms with E-state index in [2.05, 4.69) is 254 Å². The quantitative estimate of drug-likeness (QED) is 0.101. The van der Waals surface area contributed by atoms with Crippen molar-refractivity contribution in [3.63, 3.8) is 0 Å². The second kappa shape index (κ2) is 32.7. The monoisotopic (exact) mass is 1760 g/mol. The molecule has 22 aromatic rings. The van der Waals surface area contributed by atoms with Crippen molar-refractivity contribution in [3.05, 3.63) is 427 Å². The number of hydrogen-bond acceptors (Lipinski definition) is 4. The third kappa shape index (κ3) is 13.9. The Labute approximate surface area is 784 Å². The molecule has 0 saturated heterocycles. The molecule has 0 spiro atoms. The van der Waals surface area contributed by atoms with Crippen LogP contribution in [0, 0.1) is 145 Å². The number of nitrogens with zero attached hydrogens (tertiary/aromatic N) is 8. The maximum absolute atomic E-state index is 16.1. The minimum Gasteiger partial charge on any atom is -0.308 e. The Hall–Kier alpha value is -17.2. The van der Waals surface area contributed by atoms with Gasteiger partial charge in [0.15, 0.2) is 0 Å². The Bertz CT molecular complexity index is 8960. The Kier molecular flexibility index (Phi) is 20.3. The van der Waals surface area contributed by atoms with E-state index in [-0.39, 0.29) is 11.1 Å². The Morgan fingerprint density at radius 1 is 0.228 bits per heavy atom. The van der Waals surface area contributed by atoms with E-state index >= 15 is 17.6 Å². The van der Waals surface area contributed by atoms with E-state index in [4.69, 9.17) is 0 Å². The van der Waals surface area contributed by atoms with Gasteiger partial charge in [0.1, 0.15) is 46.5 Å². The highest BCUT2D eigenvalue weighted by atomic mass is 19.1. The van der Waals surface area contributed by atoms with Crippen LogP contribution in [0.4, 0.5) is 17.6 Å². The number of aromatic nitrogens is 4. The average Bonchev–Trinajstić information content (AvgIpc) is 1.56. The van der Waals surface area contributed by atoms with Crippen LogP contribution in [0.3, 0.4) is 0 Å². The number of rotatable bonds is 14. The van der Waals surface area contributed by atoms with Gasteiger partial charge in [-0.15, -0.1) is 0 Å². The maximum atomic E-state index is 16.1. The summed E-state index contributed by atoms with van der Waals surface area (Å²) in [7, 11) is 0. The molecule has 0 unspecified atom stereocenters. The molecule has 8 nitrogen and oxygen atoms in total. The zero-order chi connectivity index (χ0) is 93.8. The highest BCUT2D eigenvalue weighted by Crippen LogP contribution is 2.50. The van der Waals surface area contributed by atoms with Crippen LogP contribution in [0.2, 0.25) is 0 Å². The van der Waals surface area contributed by atoms with E-state index in [9.17, 15) is 21.0 Å². The molecule has 650 valence electrons. The molecule has 0 N–H and O–H groups in total. The number of para-hydroxylation sites is 2. The van der Waals surface area contributed by atoms with E-state index in [0.29, 0.717) is 73.6 Å². The summed E-state index contributed by atoms with van der Waals surface area (Å²) < 4.78 is 72.6. The zero-order valence-electron chi connectivity index (χ0n) is 76.7. The minimum atomic E-state index is -0.772. The molecule has 18 aromatic carbocycles. The molecule has 4 aromatic heterocycles. The smallest absolute Gasteiger partial charge is 0.126 e. The van der Waals surface area contributed by atoms with Gasteiger partial charge in [-0.1, -0.05) is 180 Å². The summed E-state index contributed by atoms with van der Waals surface area (Å²) in [6, 6.07) is 110. The fourth-order valence-corrected chi connectivity index (χ4v) is 22.7. The van der Waals surface area contributed by atoms with Crippen molar-refractivity contribution < 1.29 is 17.6 Å². The third-order valence-corrected chi connectivity index (χ3v) is 27.7. The lowest BCUT2D eigenvalue weighted by Crippen LogP contribution is -2.06. The largest absolute Gasteiger partial charge is 0.308 e. The first-order valence-corrected chi connectivity index (χ1v) is 45.6. The number of fused-ring (bicyclic) bond motifs is 12. The van der Waals surface area contributed by atoms with Crippen LogP contribution in [0.1, 0.15) is 94.6 Å². The van der Waals surface area contributed by atoms with E-state index < -0.39 is 23.3 Å². The van der Waals surface area contributed by atoms with Crippen LogP contribution in [0.5, 0.6) is 0 Å². The van der Waals surface area contributed by atoms with E-state index in [1.807, 2.05) is 132 Å². The topological polar surface area (TPSA) is 115 Å². The van der Waals surface area contributed by atoms with Gasteiger partial charge in [0.05, 0.1) is 90.1 Å². The van der Waals surface area contributed by atoms with Gasteiger partial charge in [-0.2, -0.15) is 21.0 Å². The molecule has 0 aliphatic heterocycles. The summed E-state index contributed by atoms with van der Waals surface area (Å²) in [5.74, 6) is -3.02. The molecule has 22 rings (SSSR count). The van der Waals surface area contributed by atoms with Gasteiger partial charge in [-0.25, -0.2) is 17.6 Å². The van der Waals surface area contributed by atoms with Crippen molar-refractivity contribution in [1.29, 1.82) is 21.0 Å². The van der Waals surface area contributed by atoms with Crippen molar-refractivity contribution in [2.75, 3.05) is 0 Å². The summed E-state index contributed by atoms with van der Waals surface area (Å²) in [5.41, 5.74) is 37.0. The summed E-state index contributed by atoms with van der Waals surface area (Å²) in [4.78, 5) is 0. The lowest BCUT2D eigenvalue weighted by Gasteiger charge is -2.19. The third-order valence-electron chi connectivity index (χ3n) is 27.7. The fraction of sp³-hybridized carbons (Fsp3) is 0.0968. The molecule has 0 saturated carbocycles. The van der Waals surface area contributed by atoms with Crippen LogP contribution in [-0.2, 0) is 6.42 Å². The lowest BCUT2D eigenvalue weighted by molar-refractivity contribution is 0.583. The first-order chi connectivity index (χ1) is 65.9. The van der Waals surface area contributed by atoms with Gasteiger partial charge in [-0.05, 0) is 361 Å². The molecule has 0 bridgehead atoms. The summed E-state index contributed by atoms with van der Waals surface area (Å²) in [6.07, 6.45) is 0.403. The van der Waals surface area contributed by atoms with Crippen LogP contribution in [0.25, 0.3) is 199 Å². The van der Waals surface area contributed by atoms with E-state index in [1.165, 1.54) is 35.4 Å². The van der Waals surface area contributed by atoms with Gasteiger partial charge < -0.3 is 18.3 Å². The molecule has 0 atom stereocenters. The standard InChI is InChI=1S/C124H86F4N8/c1-68-38-71(4)120(72(5)39-68)81-29-34-110-102(52-81)103-53-82(121-73(6)40-69(2)41-74(121)7)30-35-111(103)133(110)115-57-89(87-48-93(125)62-94(126)49-87)58-116(106(115)66-131)134-112-36-31-83(122-75(8)42-70(3)43-76(122)9)54-104(112)105-55-84(32-37-113(105)134)123-77(10)44-79(45-78(123)11)46-92-47-91(98-23-15-13-21-86(98)65-130)61-119-124(92)101-25-17-19-27-109(101)136(119)118-60-90(88-50-95(127)63-96(128)51-88)59-117(107(118)67-132)135-108-26-18-16-24-99(108)100-33-28-80(56-114(100)135)97-22-14-12-20-85(97)64-129/h12-45,47-63H,46H2,1-11H3. The highest BCUT2D eigenvalue weighted by Gasteiger charge is 2.30. The molecular formula is C124H86F4N8. The maximum Gasteiger partial charge on any atom is 0.126 e.